The maximum Gasteiger partial charge on any atom is 0.161 e. The van der Waals surface area contributed by atoms with Crippen LogP contribution in [0.3, 0.4) is 0 Å². The summed E-state index contributed by atoms with van der Waals surface area (Å²) in [4.78, 5) is 1.60. The molecular weight excluding hydrogens is 334 g/mol. The van der Waals surface area contributed by atoms with E-state index in [9.17, 15) is 0 Å². The standard InChI is InChI=1S/C21H27NO2.ClH/c1-22-13-12-17-14-20(23-2)21(24-3)15-18(17)19(22)11-7-10-16-8-5-4-6-9-16;/h4-6,8-9,14-15,19H,7,10-13H2,1-3H3;1H. The number of hydrogen-bond donors (Lipinski definition) is 1. The number of nitrogens with one attached hydrogen (secondary N) is 1. The Kier molecular flexibility index (Phi) is 7.15. The summed E-state index contributed by atoms with van der Waals surface area (Å²) in [6, 6.07) is 15.7. The van der Waals surface area contributed by atoms with Crippen molar-refractivity contribution in [3.8, 4) is 11.5 Å². The maximum absolute atomic E-state index is 5.53. The summed E-state index contributed by atoms with van der Waals surface area (Å²) in [6.07, 6.45) is 4.66. The van der Waals surface area contributed by atoms with Crippen LogP contribution in [0.5, 0.6) is 11.5 Å². The quantitative estimate of drug-likeness (QED) is 0.773. The van der Waals surface area contributed by atoms with Gasteiger partial charge in [0.2, 0.25) is 0 Å². The Morgan fingerprint density at radius 2 is 1.72 bits per heavy atom. The minimum Gasteiger partial charge on any atom is -1.00 e. The SMILES string of the molecule is COc1cc2c(cc1OC)C(CCCc1ccccc1)[NH+](C)CC2.[Cl-]. The molecule has 2 atom stereocenters. The molecule has 1 heterocycles. The van der Waals surface area contributed by atoms with Crippen molar-refractivity contribution >= 4 is 0 Å². The second kappa shape index (κ2) is 9.12. The second-order valence-corrected chi connectivity index (χ2v) is 6.68. The molecule has 2 aromatic carbocycles. The van der Waals surface area contributed by atoms with Crippen LogP contribution in [0.25, 0.3) is 0 Å². The molecule has 2 aromatic rings. The van der Waals surface area contributed by atoms with Crippen molar-refractivity contribution in [1.29, 1.82) is 0 Å². The molecule has 2 unspecified atom stereocenters. The molecule has 3 rings (SSSR count). The molecule has 0 amide bonds. The van der Waals surface area contributed by atoms with Gasteiger partial charge in [0.1, 0.15) is 6.04 Å². The normalized spacial score (nSPS) is 18.8. The van der Waals surface area contributed by atoms with Crippen LogP contribution >= 0.6 is 0 Å². The van der Waals surface area contributed by atoms with E-state index in [2.05, 4.69) is 49.5 Å². The lowest BCUT2D eigenvalue weighted by molar-refractivity contribution is -0.915. The molecule has 0 saturated carbocycles. The smallest absolute Gasteiger partial charge is 0.161 e. The molecular formula is C21H28ClNO2. The number of ether oxygens (including phenoxy) is 2. The first-order valence-electron chi connectivity index (χ1n) is 8.84. The van der Waals surface area contributed by atoms with Gasteiger partial charge in [-0.3, -0.25) is 0 Å². The summed E-state index contributed by atoms with van der Waals surface area (Å²) in [5.41, 5.74) is 4.28. The van der Waals surface area contributed by atoms with E-state index in [1.54, 1.807) is 19.1 Å². The van der Waals surface area contributed by atoms with E-state index in [-0.39, 0.29) is 12.4 Å². The van der Waals surface area contributed by atoms with E-state index in [4.69, 9.17) is 9.47 Å². The monoisotopic (exact) mass is 361 g/mol. The highest BCUT2D eigenvalue weighted by molar-refractivity contribution is 5.48. The zero-order chi connectivity index (χ0) is 16.9. The highest BCUT2D eigenvalue weighted by Gasteiger charge is 2.29. The fourth-order valence-electron chi connectivity index (χ4n) is 3.81. The molecule has 1 aliphatic rings. The molecule has 25 heavy (non-hydrogen) atoms. The first-order chi connectivity index (χ1) is 11.7. The topological polar surface area (TPSA) is 22.9 Å². The van der Waals surface area contributed by atoms with Crippen LogP contribution in [0.1, 0.15) is 35.6 Å². The van der Waals surface area contributed by atoms with Gasteiger partial charge < -0.3 is 26.8 Å². The van der Waals surface area contributed by atoms with Crippen molar-refractivity contribution in [2.24, 2.45) is 0 Å². The van der Waals surface area contributed by atoms with Gasteiger partial charge in [-0.05, 0) is 36.1 Å². The number of fused-ring (bicyclic) bond motifs is 1. The van der Waals surface area contributed by atoms with E-state index in [1.165, 1.54) is 36.1 Å². The van der Waals surface area contributed by atoms with Gasteiger partial charge in [-0.2, -0.15) is 0 Å². The number of methoxy groups -OCH3 is 2. The third kappa shape index (κ3) is 4.47. The van der Waals surface area contributed by atoms with E-state index in [0.29, 0.717) is 6.04 Å². The molecule has 0 aliphatic carbocycles. The number of quaternary nitrogens is 1. The van der Waals surface area contributed by atoms with Gasteiger partial charge in [0.15, 0.2) is 11.5 Å². The zero-order valence-electron chi connectivity index (χ0n) is 15.3. The van der Waals surface area contributed by atoms with Crippen molar-refractivity contribution in [1.82, 2.24) is 0 Å². The van der Waals surface area contributed by atoms with Crippen molar-refractivity contribution in [2.75, 3.05) is 27.8 Å². The second-order valence-electron chi connectivity index (χ2n) is 6.68. The molecule has 136 valence electrons. The lowest BCUT2D eigenvalue weighted by atomic mass is 9.89. The van der Waals surface area contributed by atoms with Gasteiger partial charge in [-0.25, -0.2) is 0 Å². The Balaban J connectivity index is 0.00000225. The minimum atomic E-state index is 0. The van der Waals surface area contributed by atoms with Crippen LogP contribution in [-0.4, -0.2) is 27.8 Å². The fraction of sp³-hybridized carbons (Fsp3) is 0.429. The van der Waals surface area contributed by atoms with Crippen molar-refractivity contribution in [3.63, 3.8) is 0 Å². The number of hydrogen-bond acceptors (Lipinski definition) is 2. The average molecular weight is 362 g/mol. The van der Waals surface area contributed by atoms with Crippen molar-refractivity contribution in [3.05, 3.63) is 59.2 Å². The Labute approximate surface area is 157 Å². The maximum atomic E-state index is 5.53. The van der Waals surface area contributed by atoms with Gasteiger partial charge >= 0.3 is 0 Å². The predicted octanol–water partition coefficient (Wildman–Crippen LogP) is -0.157. The summed E-state index contributed by atoms with van der Waals surface area (Å²) in [5, 5.41) is 0. The number of benzene rings is 2. The first kappa shape index (κ1) is 19.6. The Morgan fingerprint density at radius 1 is 1.04 bits per heavy atom. The van der Waals surface area contributed by atoms with Crippen molar-refractivity contribution < 1.29 is 26.8 Å². The van der Waals surface area contributed by atoms with Crippen LogP contribution in [0, 0.1) is 0 Å². The van der Waals surface area contributed by atoms with Crippen LogP contribution < -0.4 is 26.8 Å². The van der Waals surface area contributed by atoms with Gasteiger partial charge in [-0.15, -0.1) is 0 Å². The number of aryl methyl sites for hydroxylation is 1. The third-order valence-corrected chi connectivity index (χ3v) is 5.21. The van der Waals surface area contributed by atoms with E-state index in [0.717, 1.165) is 24.3 Å². The third-order valence-electron chi connectivity index (χ3n) is 5.21. The molecule has 0 aromatic heterocycles. The van der Waals surface area contributed by atoms with E-state index in [1.807, 2.05) is 0 Å². The summed E-state index contributed by atoms with van der Waals surface area (Å²) in [5.74, 6) is 1.69. The molecule has 0 bridgehead atoms. The summed E-state index contributed by atoms with van der Waals surface area (Å²) in [6.45, 7) is 1.18. The highest BCUT2D eigenvalue weighted by atomic mass is 35.5. The lowest BCUT2D eigenvalue weighted by Gasteiger charge is -2.32. The first-order valence-corrected chi connectivity index (χ1v) is 8.84. The summed E-state index contributed by atoms with van der Waals surface area (Å²) >= 11 is 0. The molecule has 4 heteroatoms. The molecule has 1 aliphatic heterocycles. The molecule has 0 radical (unpaired) electrons. The summed E-state index contributed by atoms with van der Waals surface area (Å²) in [7, 11) is 5.74. The Morgan fingerprint density at radius 3 is 2.40 bits per heavy atom. The van der Waals surface area contributed by atoms with Gasteiger partial charge in [0.25, 0.3) is 0 Å². The minimum absolute atomic E-state index is 0. The summed E-state index contributed by atoms with van der Waals surface area (Å²) < 4.78 is 11.0. The highest BCUT2D eigenvalue weighted by Crippen LogP contribution is 2.35. The average Bonchev–Trinajstić information content (AvgIpc) is 2.63. The van der Waals surface area contributed by atoms with Gasteiger partial charge in [0.05, 0.1) is 27.8 Å². The lowest BCUT2D eigenvalue weighted by Crippen LogP contribution is -3.10. The Bertz CT molecular complexity index is 675. The largest absolute Gasteiger partial charge is 1.00 e. The molecule has 0 spiro atoms. The van der Waals surface area contributed by atoms with Crippen molar-refractivity contribution in [2.45, 2.75) is 31.7 Å². The Hall–Kier alpha value is -1.71. The number of likely N-dealkylation sites (N-methyl/N-ethyl adjacent to an activating group) is 1. The van der Waals surface area contributed by atoms with Gasteiger partial charge in [-0.1, -0.05) is 30.3 Å². The molecule has 3 nitrogen and oxygen atoms in total. The fourth-order valence-corrected chi connectivity index (χ4v) is 3.81. The predicted molar refractivity (Wildman–Crippen MR) is 97.1 cm³/mol. The van der Waals surface area contributed by atoms with E-state index >= 15 is 0 Å². The number of halogens is 1. The van der Waals surface area contributed by atoms with Gasteiger partial charge in [0, 0.05) is 18.4 Å². The van der Waals surface area contributed by atoms with E-state index < -0.39 is 0 Å². The number of rotatable bonds is 6. The van der Waals surface area contributed by atoms with Crippen LogP contribution in [0.15, 0.2) is 42.5 Å². The van der Waals surface area contributed by atoms with Crippen LogP contribution in [0.4, 0.5) is 0 Å². The molecule has 0 saturated heterocycles. The molecule has 0 fully saturated rings. The molecule has 1 N–H and O–H groups in total. The van der Waals surface area contributed by atoms with Crippen LogP contribution in [-0.2, 0) is 12.8 Å². The zero-order valence-corrected chi connectivity index (χ0v) is 16.1. The van der Waals surface area contributed by atoms with Crippen LogP contribution in [0.2, 0.25) is 0 Å².